The second kappa shape index (κ2) is 18.7. The number of aryl methyl sites for hydroxylation is 2. The van der Waals surface area contributed by atoms with Gasteiger partial charge in [0.2, 0.25) is 10.0 Å². The van der Waals surface area contributed by atoms with Crippen LogP contribution in [0.25, 0.3) is 0 Å². The zero-order valence-electron chi connectivity index (χ0n) is 32.2. The number of ether oxygens (including phenoxy) is 5. The molecule has 2 aliphatic heterocycles. The van der Waals surface area contributed by atoms with Crippen LogP contribution in [-0.2, 0) is 55.7 Å². The maximum atomic E-state index is 14.5. The summed E-state index contributed by atoms with van der Waals surface area (Å²) in [4.78, 5) is 2.60. The Hall–Kier alpha value is -3.85. The van der Waals surface area contributed by atoms with Gasteiger partial charge in [0.25, 0.3) is 0 Å². The molecular formula is C41H55N5O7S. The van der Waals surface area contributed by atoms with Gasteiger partial charge in [0.15, 0.2) is 0 Å². The van der Waals surface area contributed by atoms with E-state index in [2.05, 4.69) is 52.4 Å². The Labute approximate surface area is 320 Å². The Balaban J connectivity index is 1.29. The van der Waals surface area contributed by atoms with Crippen LogP contribution in [0.3, 0.4) is 0 Å². The van der Waals surface area contributed by atoms with Crippen molar-refractivity contribution in [2.24, 2.45) is 13.0 Å². The zero-order chi connectivity index (χ0) is 38.1. The van der Waals surface area contributed by atoms with Crippen molar-refractivity contribution in [2.75, 3.05) is 65.2 Å². The monoisotopic (exact) mass is 761 g/mol. The van der Waals surface area contributed by atoms with Gasteiger partial charge in [-0.05, 0) is 60.7 Å². The highest BCUT2D eigenvalue weighted by Gasteiger charge is 2.43. The van der Waals surface area contributed by atoms with Crippen molar-refractivity contribution in [1.82, 2.24) is 19.1 Å². The van der Waals surface area contributed by atoms with Crippen LogP contribution >= 0.6 is 0 Å². The first-order chi connectivity index (χ1) is 26.2. The summed E-state index contributed by atoms with van der Waals surface area (Å²) in [5.74, 6) is 1.80. The van der Waals surface area contributed by atoms with Crippen LogP contribution in [0.2, 0.25) is 0 Å². The predicted molar refractivity (Wildman–Crippen MR) is 207 cm³/mol. The molecule has 0 bridgehead atoms. The SMILES string of the molecule is COCCCN1CCOc2ccc(CO[C@H]3CN(S(=O)(=O)c4ccc(C)cc4)[C@@H](Cc4nncn4C)C[C@@H]3c3ccc(COC[C@@H](C)COC)cc3)cc21. The number of anilines is 1. The van der Waals surface area contributed by atoms with Gasteiger partial charge in [-0.25, -0.2) is 8.42 Å². The minimum Gasteiger partial charge on any atom is -0.490 e. The van der Waals surface area contributed by atoms with Crippen molar-refractivity contribution in [3.05, 3.63) is 101 Å². The molecule has 13 heteroatoms. The fraction of sp³-hybridized carbons (Fsp3) is 0.512. The molecule has 1 fully saturated rings. The number of aromatic nitrogens is 3. The Kier molecular flexibility index (Phi) is 13.8. The number of hydrogen-bond acceptors (Lipinski definition) is 10. The Morgan fingerprint density at radius 3 is 2.46 bits per heavy atom. The molecule has 12 nitrogen and oxygen atoms in total. The predicted octanol–water partition coefficient (Wildman–Crippen LogP) is 5.53. The highest BCUT2D eigenvalue weighted by Crippen LogP contribution is 2.39. The third-order valence-electron chi connectivity index (χ3n) is 10.3. The second-order valence-corrected chi connectivity index (χ2v) is 16.5. The van der Waals surface area contributed by atoms with E-state index in [4.69, 9.17) is 23.7 Å². The van der Waals surface area contributed by atoms with Gasteiger partial charge >= 0.3 is 0 Å². The lowest BCUT2D eigenvalue weighted by Crippen LogP contribution is -2.53. The van der Waals surface area contributed by atoms with Crippen molar-refractivity contribution in [1.29, 1.82) is 0 Å². The van der Waals surface area contributed by atoms with Crippen molar-refractivity contribution >= 4 is 15.7 Å². The van der Waals surface area contributed by atoms with Gasteiger partial charge in [0, 0.05) is 65.3 Å². The van der Waals surface area contributed by atoms with E-state index in [1.807, 2.05) is 42.8 Å². The molecule has 4 aromatic rings. The molecule has 0 radical (unpaired) electrons. The van der Waals surface area contributed by atoms with Crippen molar-refractivity contribution in [2.45, 2.75) is 69.3 Å². The Bertz CT molecular complexity index is 1890. The molecule has 0 N–H and O–H groups in total. The van der Waals surface area contributed by atoms with Crippen molar-refractivity contribution < 1.29 is 32.1 Å². The fourth-order valence-corrected chi connectivity index (χ4v) is 9.03. The summed E-state index contributed by atoms with van der Waals surface area (Å²) < 4.78 is 61.9. The number of hydrogen-bond donors (Lipinski definition) is 0. The molecule has 2 aliphatic rings. The van der Waals surface area contributed by atoms with E-state index in [1.54, 1.807) is 37.0 Å². The fourth-order valence-electron chi connectivity index (χ4n) is 7.38. The molecule has 292 valence electrons. The second-order valence-electron chi connectivity index (χ2n) is 14.6. The largest absolute Gasteiger partial charge is 0.490 e. The van der Waals surface area contributed by atoms with Gasteiger partial charge in [-0.15, -0.1) is 10.2 Å². The van der Waals surface area contributed by atoms with E-state index < -0.39 is 16.1 Å². The number of piperidine rings is 1. The Morgan fingerprint density at radius 1 is 0.963 bits per heavy atom. The van der Waals surface area contributed by atoms with Gasteiger partial charge < -0.3 is 33.2 Å². The molecule has 4 atom stereocenters. The molecule has 3 aromatic carbocycles. The first kappa shape index (κ1) is 39.8. The van der Waals surface area contributed by atoms with Gasteiger partial charge in [0.1, 0.15) is 24.5 Å². The molecule has 0 saturated carbocycles. The number of fused-ring (bicyclic) bond motifs is 1. The van der Waals surface area contributed by atoms with E-state index in [9.17, 15) is 8.42 Å². The van der Waals surface area contributed by atoms with E-state index in [1.165, 1.54) is 0 Å². The van der Waals surface area contributed by atoms with Crippen molar-refractivity contribution in [3.63, 3.8) is 0 Å². The van der Waals surface area contributed by atoms with E-state index in [0.717, 1.165) is 59.0 Å². The van der Waals surface area contributed by atoms with E-state index in [-0.39, 0.29) is 23.4 Å². The molecule has 3 heterocycles. The van der Waals surface area contributed by atoms with Crippen LogP contribution < -0.4 is 9.64 Å². The first-order valence-electron chi connectivity index (χ1n) is 18.8. The standard InChI is InChI=1S/C41H55N5O7S/c1-30-7-14-36(15-8-30)54(47,48)46-24-40(53-28-33-11-16-39-38(21-33)45(18-20-52-39)17-6-19-49-4)37(22-35(46)23-41-43-42-29-44(41)3)34-12-9-32(10-13-34)27-51-26-31(2)25-50-5/h7-16,21,29,31,35,37,40H,6,17-20,22-28H2,1-5H3/t31-,35+,37+,40-/m0/s1. The summed E-state index contributed by atoms with van der Waals surface area (Å²) in [6.45, 7) is 9.33. The summed E-state index contributed by atoms with van der Waals surface area (Å²) in [5, 5.41) is 8.44. The highest BCUT2D eigenvalue weighted by molar-refractivity contribution is 7.89. The number of sulfonamides is 1. The molecule has 1 saturated heterocycles. The minimum absolute atomic E-state index is 0.0871. The van der Waals surface area contributed by atoms with Crippen LogP contribution in [0.4, 0.5) is 5.69 Å². The average Bonchev–Trinajstić information content (AvgIpc) is 3.58. The van der Waals surface area contributed by atoms with Gasteiger partial charge in [0.05, 0.1) is 49.7 Å². The van der Waals surface area contributed by atoms with Crippen LogP contribution in [-0.4, -0.2) is 99.9 Å². The van der Waals surface area contributed by atoms with Crippen molar-refractivity contribution in [3.8, 4) is 5.75 Å². The maximum absolute atomic E-state index is 14.5. The summed E-state index contributed by atoms with van der Waals surface area (Å²) >= 11 is 0. The quantitative estimate of drug-likeness (QED) is 0.120. The molecule has 0 unspecified atom stereocenters. The average molecular weight is 762 g/mol. The van der Waals surface area contributed by atoms with Gasteiger partial charge in [-0.3, -0.25) is 0 Å². The molecule has 0 aliphatic carbocycles. The third kappa shape index (κ3) is 9.87. The summed E-state index contributed by atoms with van der Waals surface area (Å²) in [6, 6.07) is 21.3. The Morgan fingerprint density at radius 2 is 1.74 bits per heavy atom. The van der Waals surface area contributed by atoms with Crippen LogP contribution in [0.1, 0.15) is 53.8 Å². The lowest BCUT2D eigenvalue weighted by atomic mass is 9.83. The van der Waals surface area contributed by atoms with Crippen LogP contribution in [0.5, 0.6) is 5.75 Å². The first-order valence-corrected chi connectivity index (χ1v) is 20.3. The topological polar surface area (TPSA) is 117 Å². The maximum Gasteiger partial charge on any atom is 0.243 e. The van der Waals surface area contributed by atoms with E-state index >= 15 is 0 Å². The number of rotatable bonds is 18. The van der Waals surface area contributed by atoms with Gasteiger partial charge in [-0.1, -0.05) is 55.0 Å². The summed E-state index contributed by atoms with van der Waals surface area (Å²) in [7, 11) is 1.43. The lowest BCUT2D eigenvalue weighted by Gasteiger charge is -2.43. The number of methoxy groups -OCH3 is 2. The lowest BCUT2D eigenvalue weighted by molar-refractivity contribution is -0.0200. The smallest absolute Gasteiger partial charge is 0.243 e. The third-order valence-corrected chi connectivity index (χ3v) is 12.3. The number of benzene rings is 3. The van der Waals surface area contributed by atoms with Crippen LogP contribution in [0, 0.1) is 12.8 Å². The molecule has 54 heavy (non-hydrogen) atoms. The summed E-state index contributed by atoms with van der Waals surface area (Å²) in [6.07, 6.45) is 3.10. The zero-order valence-corrected chi connectivity index (χ0v) is 33.0. The molecule has 0 spiro atoms. The summed E-state index contributed by atoms with van der Waals surface area (Å²) in [5.41, 5.74) is 5.20. The highest BCUT2D eigenvalue weighted by atomic mass is 32.2. The molecular weight excluding hydrogens is 707 g/mol. The minimum atomic E-state index is -3.89. The van der Waals surface area contributed by atoms with E-state index in [0.29, 0.717) is 58.4 Å². The number of nitrogens with zero attached hydrogens (tertiary/aromatic N) is 5. The molecule has 0 amide bonds. The molecule has 6 rings (SSSR count). The van der Waals surface area contributed by atoms with Crippen LogP contribution in [0.15, 0.2) is 78.0 Å². The van der Waals surface area contributed by atoms with Gasteiger partial charge in [-0.2, -0.15) is 4.31 Å². The molecule has 1 aromatic heterocycles. The normalized spacial score (nSPS) is 19.7.